The zero-order valence-electron chi connectivity index (χ0n) is 61.1. The van der Waals surface area contributed by atoms with Gasteiger partial charge in [-0.1, -0.05) is 265 Å². The molecule has 0 aromatic heterocycles. The van der Waals surface area contributed by atoms with Gasteiger partial charge < -0.3 is 49.2 Å². The Hall–Kier alpha value is -12.0. The van der Waals surface area contributed by atoms with E-state index in [-0.39, 0.29) is 53.3 Å². The van der Waals surface area contributed by atoms with Crippen LogP contribution in [0.2, 0.25) is 0 Å². The van der Waals surface area contributed by atoms with Crippen LogP contribution in [0.4, 0.5) is 34.1 Å². The van der Waals surface area contributed by atoms with Crippen LogP contribution in [0.15, 0.2) is 315 Å². The standard InChI is InChI=1S/C96H80B4N2O8/c103-49-13-53-107-79-37-25-65(26-38-79)69-33-45-91-83(57-69)97(75-17-5-1-6-18-75)87-61-73(62-88-95(87)101(91)92-46-34-70(58-84(92)98(88)76-19-7-2-8-20-76)66-27-39-80(40-28-66)108-54-14-50-104)74-63-89-96-90(64-74)100(78-23-11-4-12-24-78)86-60-72(68-31-43-82(44-32-68)110-56-16-52-106)36-48-94(86)102(96)93-47-35-71(59-85(93)99(89)77-21-9-3-10-22-77)67-29-41-81(42-30-67)109-55-15-51-105/h1-12,17-48,57-64,103-106H,13-16,49-56H2. The van der Waals surface area contributed by atoms with Crippen molar-refractivity contribution in [3.05, 3.63) is 315 Å². The van der Waals surface area contributed by atoms with Crippen molar-refractivity contribution in [1.82, 2.24) is 0 Å². The molecule has 4 aliphatic rings. The topological polar surface area (TPSA) is 124 Å². The molecular formula is C96H80B4N2O8. The van der Waals surface area contributed by atoms with Gasteiger partial charge in [0.1, 0.15) is 23.0 Å². The molecule has 110 heavy (non-hydrogen) atoms. The second-order valence-corrected chi connectivity index (χ2v) is 28.9. The number of aliphatic hydroxyl groups excluding tert-OH is 4. The summed E-state index contributed by atoms with van der Waals surface area (Å²) in [7, 11) is 0. The molecule has 0 saturated heterocycles. The Morgan fingerprint density at radius 2 is 0.409 bits per heavy atom. The predicted molar refractivity (Wildman–Crippen MR) is 456 cm³/mol. The van der Waals surface area contributed by atoms with Gasteiger partial charge in [0.15, 0.2) is 0 Å². The Labute approximate surface area is 644 Å². The highest BCUT2D eigenvalue weighted by molar-refractivity contribution is 7.03. The third-order valence-electron chi connectivity index (χ3n) is 22.2. The van der Waals surface area contributed by atoms with Crippen molar-refractivity contribution >= 4 is 127 Å². The van der Waals surface area contributed by atoms with Gasteiger partial charge in [-0.3, -0.25) is 0 Å². The number of ether oxygens (including phenoxy) is 4. The highest BCUT2D eigenvalue weighted by Crippen LogP contribution is 2.44. The first kappa shape index (κ1) is 69.7. The molecule has 0 atom stereocenters. The lowest BCUT2D eigenvalue weighted by atomic mass is 9.30. The quantitative estimate of drug-likeness (QED) is 0.0325. The van der Waals surface area contributed by atoms with Crippen LogP contribution in [-0.2, 0) is 0 Å². The average molecular weight is 1430 g/mol. The lowest BCUT2D eigenvalue weighted by Crippen LogP contribution is -2.65. The van der Waals surface area contributed by atoms with Crippen LogP contribution in [0.25, 0.3) is 55.6 Å². The van der Waals surface area contributed by atoms with E-state index >= 15 is 0 Å². The van der Waals surface area contributed by atoms with Crippen LogP contribution >= 0.6 is 0 Å². The van der Waals surface area contributed by atoms with Crippen molar-refractivity contribution in [3.8, 4) is 78.6 Å². The Morgan fingerprint density at radius 3 is 0.618 bits per heavy atom. The van der Waals surface area contributed by atoms with E-state index in [0.717, 1.165) is 101 Å². The lowest BCUT2D eigenvalue weighted by molar-refractivity contribution is 0.233. The van der Waals surface area contributed by atoms with E-state index in [9.17, 15) is 20.4 Å². The molecule has 0 spiro atoms. The second-order valence-electron chi connectivity index (χ2n) is 28.9. The van der Waals surface area contributed by atoms with Crippen molar-refractivity contribution in [3.63, 3.8) is 0 Å². The summed E-state index contributed by atoms with van der Waals surface area (Å²) in [6.45, 7) is 1.16. The highest BCUT2D eigenvalue weighted by Gasteiger charge is 2.47. The summed E-state index contributed by atoms with van der Waals surface area (Å²) < 4.78 is 24.3. The van der Waals surface area contributed by atoms with E-state index in [1.54, 1.807) is 0 Å². The maximum Gasteiger partial charge on any atom is 0.246 e. The fourth-order valence-electron chi connectivity index (χ4n) is 17.2. The largest absolute Gasteiger partial charge is 0.494 e. The first-order chi connectivity index (χ1) is 54.4. The molecule has 0 amide bonds. The summed E-state index contributed by atoms with van der Waals surface area (Å²) in [4.78, 5) is 5.15. The zero-order chi connectivity index (χ0) is 74.0. The van der Waals surface area contributed by atoms with E-state index in [1.807, 2.05) is 48.5 Å². The molecule has 0 unspecified atom stereocenters. The van der Waals surface area contributed by atoms with Gasteiger partial charge in [0, 0.05) is 86.2 Å². The van der Waals surface area contributed by atoms with Crippen molar-refractivity contribution in [1.29, 1.82) is 0 Å². The molecule has 4 aliphatic heterocycles. The Balaban J connectivity index is 0.901. The number of rotatable bonds is 25. The van der Waals surface area contributed by atoms with Gasteiger partial charge in [-0.2, -0.15) is 0 Å². The van der Waals surface area contributed by atoms with Crippen LogP contribution in [0.5, 0.6) is 23.0 Å². The van der Waals surface area contributed by atoms with Gasteiger partial charge >= 0.3 is 0 Å². The summed E-state index contributed by atoms with van der Waals surface area (Å²) in [6, 6.07) is 116. The molecule has 0 saturated carbocycles. The van der Waals surface area contributed by atoms with Gasteiger partial charge in [0.2, 0.25) is 26.9 Å². The molecule has 4 N–H and O–H groups in total. The van der Waals surface area contributed by atoms with Crippen molar-refractivity contribution in [2.75, 3.05) is 62.7 Å². The minimum absolute atomic E-state index is 0.0710. The number of hydrogen-bond acceptors (Lipinski definition) is 10. The third kappa shape index (κ3) is 13.2. The highest BCUT2D eigenvalue weighted by atomic mass is 16.5. The monoisotopic (exact) mass is 1430 g/mol. The SMILES string of the molecule is OCCCOc1ccc(-c2ccc3c(c2)B(c2ccccc2)c2cc(-c4cc5c6c(c4)B(c4ccccc4)c4cc(-c7ccc(OCCCO)cc7)ccc4N6c4ccc(-c6ccc(OCCCO)cc6)cc4B5c4ccccc4)cc4c2N3c2ccc(-c3ccc(OCCCO)cc3)cc2B4c2ccccc2)cc1. The maximum atomic E-state index is 9.59. The van der Waals surface area contributed by atoms with Crippen LogP contribution in [0, 0.1) is 0 Å². The summed E-state index contributed by atoms with van der Waals surface area (Å²) in [5, 5.41) is 38.4. The van der Waals surface area contributed by atoms with Crippen molar-refractivity contribution in [2.45, 2.75) is 25.7 Å². The summed E-state index contributed by atoms with van der Waals surface area (Å²) in [5.41, 5.74) is 32.1. The predicted octanol–water partition coefficient (Wildman–Crippen LogP) is 11.3. The molecule has 4 heterocycles. The Morgan fingerprint density at radius 1 is 0.209 bits per heavy atom. The van der Waals surface area contributed by atoms with Crippen LogP contribution < -0.4 is 94.3 Å². The van der Waals surface area contributed by atoms with Gasteiger partial charge in [-0.25, -0.2) is 0 Å². The minimum Gasteiger partial charge on any atom is -0.494 e. The molecule has 0 aliphatic carbocycles. The number of aliphatic hydroxyl groups is 4. The number of anilines is 6. The first-order valence-corrected chi connectivity index (χ1v) is 38.5. The summed E-state index contributed by atoms with van der Waals surface area (Å²) in [5.74, 6) is 3.06. The Kier molecular flexibility index (Phi) is 19.6. The molecule has 14 heteroatoms. The van der Waals surface area contributed by atoms with E-state index in [0.29, 0.717) is 52.1 Å². The van der Waals surface area contributed by atoms with Gasteiger partial charge in [-0.05, 0) is 172 Å². The van der Waals surface area contributed by atoms with Crippen molar-refractivity contribution < 1.29 is 39.4 Å². The molecule has 534 valence electrons. The fourth-order valence-corrected chi connectivity index (χ4v) is 17.2. The van der Waals surface area contributed by atoms with E-state index < -0.39 is 0 Å². The van der Waals surface area contributed by atoms with Crippen LogP contribution in [0.3, 0.4) is 0 Å². The summed E-state index contributed by atoms with van der Waals surface area (Å²) in [6.07, 6.45) is 2.24. The van der Waals surface area contributed by atoms with Crippen LogP contribution in [0.1, 0.15) is 25.7 Å². The molecule has 0 fully saturated rings. The normalized spacial score (nSPS) is 12.7. The van der Waals surface area contributed by atoms with E-state index in [2.05, 4.69) is 277 Å². The zero-order valence-corrected chi connectivity index (χ0v) is 61.1. The molecule has 14 aromatic carbocycles. The smallest absolute Gasteiger partial charge is 0.246 e. The second kappa shape index (κ2) is 30.9. The van der Waals surface area contributed by atoms with Crippen molar-refractivity contribution in [2.24, 2.45) is 0 Å². The van der Waals surface area contributed by atoms with Gasteiger partial charge in [0.05, 0.1) is 26.4 Å². The fraction of sp³-hybridized carbons (Fsp3) is 0.125. The molecule has 18 rings (SSSR count). The molecule has 14 aromatic rings. The molecule has 0 radical (unpaired) electrons. The maximum absolute atomic E-state index is 9.59. The Bertz CT molecular complexity index is 4960. The minimum atomic E-state index is -0.217. The summed E-state index contributed by atoms with van der Waals surface area (Å²) >= 11 is 0. The number of benzene rings is 14. The lowest BCUT2D eigenvalue weighted by Gasteiger charge is -2.45. The molecule has 10 nitrogen and oxygen atoms in total. The first-order valence-electron chi connectivity index (χ1n) is 38.5. The van der Waals surface area contributed by atoms with Gasteiger partial charge in [-0.15, -0.1) is 0 Å². The van der Waals surface area contributed by atoms with E-state index in [4.69, 9.17) is 18.9 Å². The van der Waals surface area contributed by atoms with Crippen LogP contribution in [-0.4, -0.2) is 100 Å². The van der Waals surface area contributed by atoms with E-state index in [1.165, 1.54) is 76.9 Å². The number of fused-ring (bicyclic) bond motifs is 8. The average Bonchev–Trinajstić information content (AvgIpc) is 0.694. The molecular weight excluding hydrogens is 1350 g/mol. The van der Waals surface area contributed by atoms with Gasteiger partial charge in [0.25, 0.3) is 0 Å². The molecule has 0 bridgehead atoms. The number of nitrogens with zero attached hydrogens (tertiary/aromatic N) is 2. The number of hydrogen-bond donors (Lipinski definition) is 4. The third-order valence-corrected chi connectivity index (χ3v) is 22.2.